The molecular formula is C16H23N5. The minimum Gasteiger partial charge on any atom is -0.382 e. The minimum absolute atomic E-state index is 0.567. The number of aryl methyl sites for hydroxylation is 1. The number of benzene rings is 1. The molecule has 1 saturated heterocycles. The molecular weight excluding hydrogens is 262 g/mol. The van der Waals surface area contributed by atoms with Gasteiger partial charge in [0.1, 0.15) is 5.82 Å². The zero-order valence-electron chi connectivity index (χ0n) is 12.8. The molecule has 1 aromatic heterocycles. The lowest BCUT2D eigenvalue weighted by molar-refractivity contribution is 0.229. The third kappa shape index (κ3) is 3.42. The molecule has 1 aromatic carbocycles. The smallest absolute Gasteiger partial charge is 0.181 e. The maximum absolute atomic E-state index is 4.39. The Labute approximate surface area is 125 Å². The van der Waals surface area contributed by atoms with Crippen LogP contribution in [0.3, 0.4) is 0 Å². The standard InChI is InChI=1S/C16H23N5/c1-3-21-9-7-14(8-10-21)18-15-6-4-5-13(11-15)16-17-12(2)19-20-16/h4-6,11,14,18H,3,7-10H2,1-2H3,(H,17,19,20). The molecule has 0 radical (unpaired) electrons. The summed E-state index contributed by atoms with van der Waals surface area (Å²) in [7, 11) is 0. The number of piperidine rings is 1. The fourth-order valence-corrected chi connectivity index (χ4v) is 2.85. The Morgan fingerprint density at radius 1 is 1.33 bits per heavy atom. The number of rotatable bonds is 4. The van der Waals surface area contributed by atoms with Crippen LogP contribution in [0, 0.1) is 6.92 Å². The molecule has 21 heavy (non-hydrogen) atoms. The highest BCUT2D eigenvalue weighted by Crippen LogP contribution is 2.22. The maximum Gasteiger partial charge on any atom is 0.181 e. The topological polar surface area (TPSA) is 56.8 Å². The van der Waals surface area contributed by atoms with Gasteiger partial charge in [0.2, 0.25) is 0 Å². The molecule has 3 rings (SSSR count). The van der Waals surface area contributed by atoms with E-state index in [4.69, 9.17) is 0 Å². The highest BCUT2D eigenvalue weighted by atomic mass is 15.2. The van der Waals surface area contributed by atoms with E-state index >= 15 is 0 Å². The first-order valence-corrected chi connectivity index (χ1v) is 7.73. The largest absolute Gasteiger partial charge is 0.382 e. The first-order chi connectivity index (χ1) is 10.2. The van der Waals surface area contributed by atoms with Crippen molar-refractivity contribution in [3.8, 4) is 11.4 Å². The third-order valence-corrected chi connectivity index (χ3v) is 4.12. The first-order valence-electron chi connectivity index (χ1n) is 7.73. The van der Waals surface area contributed by atoms with Crippen LogP contribution in [0.15, 0.2) is 24.3 Å². The summed E-state index contributed by atoms with van der Waals surface area (Å²) in [4.78, 5) is 6.89. The minimum atomic E-state index is 0.567. The van der Waals surface area contributed by atoms with E-state index in [0.717, 1.165) is 29.4 Å². The quantitative estimate of drug-likeness (QED) is 0.907. The molecule has 2 N–H and O–H groups in total. The number of nitrogens with zero attached hydrogens (tertiary/aromatic N) is 3. The van der Waals surface area contributed by atoms with Gasteiger partial charge in [0.15, 0.2) is 5.82 Å². The predicted octanol–water partition coefficient (Wildman–Crippen LogP) is 2.68. The third-order valence-electron chi connectivity index (χ3n) is 4.12. The van der Waals surface area contributed by atoms with E-state index in [2.05, 4.69) is 50.5 Å². The van der Waals surface area contributed by atoms with Crippen molar-refractivity contribution in [2.45, 2.75) is 32.7 Å². The van der Waals surface area contributed by atoms with Crippen LogP contribution in [0.5, 0.6) is 0 Å². The van der Waals surface area contributed by atoms with Gasteiger partial charge in [-0.25, -0.2) is 4.98 Å². The number of hydrogen-bond donors (Lipinski definition) is 2. The Bertz CT molecular complexity index is 584. The van der Waals surface area contributed by atoms with Gasteiger partial charge in [-0.05, 0) is 38.4 Å². The second kappa shape index (κ2) is 6.26. The van der Waals surface area contributed by atoms with Gasteiger partial charge in [-0.15, -0.1) is 0 Å². The summed E-state index contributed by atoms with van der Waals surface area (Å²) in [5.74, 6) is 1.60. The number of anilines is 1. The van der Waals surface area contributed by atoms with E-state index in [1.807, 2.05) is 13.0 Å². The van der Waals surface area contributed by atoms with Crippen molar-refractivity contribution in [1.82, 2.24) is 20.1 Å². The van der Waals surface area contributed by atoms with Crippen molar-refractivity contribution in [3.05, 3.63) is 30.1 Å². The van der Waals surface area contributed by atoms with E-state index in [1.54, 1.807) is 0 Å². The molecule has 0 aliphatic carbocycles. The molecule has 0 unspecified atom stereocenters. The summed E-state index contributed by atoms with van der Waals surface area (Å²) in [6.07, 6.45) is 2.41. The van der Waals surface area contributed by atoms with Gasteiger partial charge in [-0.2, -0.15) is 5.10 Å². The Hall–Kier alpha value is -1.88. The van der Waals surface area contributed by atoms with Gasteiger partial charge in [0, 0.05) is 30.4 Å². The first kappa shape index (κ1) is 14.1. The average Bonchev–Trinajstić information content (AvgIpc) is 2.95. The van der Waals surface area contributed by atoms with Crippen molar-refractivity contribution in [2.75, 3.05) is 25.0 Å². The summed E-state index contributed by atoms with van der Waals surface area (Å²) in [6.45, 7) is 7.69. The summed E-state index contributed by atoms with van der Waals surface area (Å²) >= 11 is 0. The van der Waals surface area contributed by atoms with Crippen molar-refractivity contribution >= 4 is 5.69 Å². The zero-order valence-corrected chi connectivity index (χ0v) is 12.8. The molecule has 5 nitrogen and oxygen atoms in total. The SMILES string of the molecule is CCN1CCC(Nc2cccc(-c3n[nH]c(C)n3)c2)CC1. The van der Waals surface area contributed by atoms with Gasteiger partial charge < -0.3 is 10.2 Å². The number of aromatic amines is 1. The van der Waals surface area contributed by atoms with Gasteiger partial charge in [-0.1, -0.05) is 19.1 Å². The summed E-state index contributed by atoms with van der Waals surface area (Å²) < 4.78 is 0. The Morgan fingerprint density at radius 3 is 2.81 bits per heavy atom. The fraction of sp³-hybridized carbons (Fsp3) is 0.500. The maximum atomic E-state index is 4.39. The lowest BCUT2D eigenvalue weighted by Crippen LogP contribution is -2.38. The molecule has 5 heteroatoms. The lowest BCUT2D eigenvalue weighted by Gasteiger charge is -2.32. The normalized spacial score (nSPS) is 17.0. The van der Waals surface area contributed by atoms with Gasteiger partial charge in [-0.3, -0.25) is 5.10 Å². The highest BCUT2D eigenvalue weighted by Gasteiger charge is 2.17. The van der Waals surface area contributed by atoms with E-state index in [0.29, 0.717) is 6.04 Å². The Kier molecular flexibility index (Phi) is 4.20. The van der Waals surface area contributed by atoms with Crippen LogP contribution in [-0.4, -0.2) is 45.8 Å². The molecule has 0 spiro atoms. The fourth-order valence-electron chi connectivity index (χ4n) is 2.85. The Morgan fingerprint density at radius 2 is 2.14 bits per heavy atom. The molecule has 1 aliphatic heterocycles. The lowest BCUT2D eigenvalue weighted by atomic mass is 10.0. The van der Waals surface area contributed by atoms with Gasteiger partial charge in [0.25, 0.3) is 0 Å². The van der Waals surface area contributed by atoms with E-state index < -0.39 is 0 Å². The van der Waals surface area contributed by atoms with E-state index in [-0.39, 0.29) is 0 Å². The van der Waals surface area contributed by atoms with Crippen LogP contribution in [0.25, 0.3) is 11.4 Å². The van der Waals surface area contributed by atoms with Crippen LogP contribution in [0.1, 0.15) is 25.6 Å². The molecule has 0 amide bonds. The predicted molar refractivity (Wildman–Crippen MR) is 85.3 cm³/mol. The highest BCUT2D eigenvalue weighted by molar-refractivity contribution is 5.62. The summed E-state index contributed by atoms with van der Waals surface area (Å²) in [6, 6.07) is 8.93. The van der Waals surface area contributed by atoms with E-state index in [9.17, 15) is 0 Å². The van der Waals surface area contributed by atoms with Crippen LogP contribution in [-0.2, 0) is 0 Å². The molecule has 0 atom stereocenters. The number of H-pyrrole nitrogens is 1. The molecule has 1 fully saturated rings. The Balaban J connectivity index is 1.66. The van der Waals surface area contributed by atoms with Crippen LogP contribution in [0.4, 0.5) is 5.69 Å². The van der Waals surface area contributed by atoms with Crippen molar-refractivity contribution in [1.29, 1.82) is 0 Å². The second-order valence-electron chi connectivity index (χ2n) is 5.68. The number of nitrogens with one attached hydrogen (secondary N) is 2. The summed E-state index contributed by atoms with van der Waals surface area (Å²) in [5.41, 5.74) is 2.21. The zero-order chi connectivity index (χ0) is 14.7. The average molecular weight is 285 g/mol. The van der Waals surface area contributed by atoms with Crippen molar-refractivity contribution in [2.24, 2.45) is 0 Å². The molecule has 0 saturated carbocycles. The van der Waals surface area contributed by atoms with Gasteiger partial charge in [0.05, 0.1) is 0 Å². The monoisotopic (exact) mass is 285 g/mol. The van der Waals surface area contributed by atoms with Gasteiger partial charge >= 0.3 is 0 Å². The van der Waals surface area contributed by atoms with Crippen LogP contribution >= 0.6 is 0 Å². The molecule has 2 heterocycles. The molecule has 2 aromatic rings. The molecule has 112 valence electrons. The van der Waals surface area contributed by atoms with Crippen LogP contribution in [0.2, 0.25) is 0 Å². The number of aromatic nitrogens is 3. The van der Waals surface area contributed by atoms with Crippen LogP contribution < -0.4 is 5.32 Å². The van der Waals surface area contributed by atoms with Crippen molar-refractivity contribution in [3.63, 3.8) is 0 Å². The molecule has 1 aliphatic rings. The number of hydrogen-bond acceptors (Lipinski definition) is 4. The number of likely N-dealkylation sites (tertiary alicyclic amines) is 1. The molecule has 0 bridgehead atoms. The summed E-state index contributed by atoms with van der Waals surface area (Å²) in [5, 5.41) is 10.8. The van der Waals surface area contributed by atoms with Crippen molar-refractivity contribution < 1.29 is 0 Å². The van der Waals surface area contributed by atoms with E-state index in [1.165, 1.54) is 25.9 Å². The second-order valence-corrected chi connectivity index (χ2v) is 5.68.